The van der Waals surface area contributed by atoms with Gasteiger partial charge in [0, 0.05) is 11.3 Å². The smallest absolute Gasteiger partial charge is 0.226 e. The number of ether oxygens (including phenoxy) is 1. The Hall–Kier alpha value is -3.44. The summed E-state index contributed by atoms with van der Waals surface area (Å²) in [4.78, 5) is 20.1. The van der Waals surface area contributed by atoms with Crippen molar-refractivity contribution in [1.82, 2.24) is 9.97 Å². The lowest BCUT2D eigenvalue weighted by atomic mass is 10.2. The van der Waals surface area contributed by atoms with E-state index < -0.39 is 0 Å². The van der Waals surface area contributed by atoms with E-state index in [0.29, 0.717) is 19.6 Å². The molecule has 5 nitrogen and oxygen atoms in total. The number of fused-ring (bicyclic) bond motifs is 1. The highest BCUT2D eigenvalue weighted by atomic mass is 16.5. The van der Waals surface area contributed by atoms with Crippen molar-refractivity contribution in [2.45, 2.75) is 13.0 Å². The molecule has 0 aliphatic carbocycles. The lowest BCUT2D eigenvalue weighted by molar-refractivity contribution is -0.117. The average Bonchev–Trinajstić information content (AvgIpc) is 3.17. The van der Waals surface area contributed by atoms with Crippen LogP contribution < -0.4 is 5.32 Å². The number of aromatic amines is 1. The molecule has 0 saturated heterocycles. The molecule has 4 aromatic rings. The fraction of sp³-hybridized carbons (Fsp3) is 0.130. The molecule has 1 aromatic heterocycles. The first-order valence-electron chi connectivity index (χ1n) is 9.25. The predicted octanol–water partition coefficient (Wildman–Crippen LogP) is 4.78. The van der Waals surface area contributed by atoms with E-state index in [1.807, 2.05) is 78.9 Å². The van der Waals surface area contributed by atoms with Crippen LogP contribution >= 0.6 is 0 Å². The second-order valence-corrected chi connectivity index (χ2v) is 6.52. The molecule has 0 atom stereocenters. The number of amides is 1. The van der Waals surface area contributed by atoms with Gasteiger partial charge in [0.05, 0.1) is 30.7 Å². The van der Waals surface area contributed by atoms with Crippen molar-refractivity contribution in [2.24, 2.45) is 0 Å². The standard InChI is InChI=1S/C23H21N3O2/c27-22(13-14-28-16-17-7-2-1-3-8-17)24-19-10-6-9-18(15-19)23-25-20-11-4-5-12-21(20)26-23/h1-12,15H,13-14,16H2,(H,24,27)(H,25,26). The number of nitrogens with one attached hydrogen (secondary N) is 2. The van der Waals surface area contributed by atoms with Gasteiger partial charge in [0.2, 0.25) is 5.91 Å². The maximum Gasteiger partial charge on any atom is 0.226 e. The number of carbonyl (C=O) groups is 1. The van der Waals surface area contributed by atoms with Gasteiger partial charge in [0.15, 0.2) is 0 Å². The number of nitrogens with zero attached hydrogens (tertiary/aromatic N) is 1. The van der Waals surface area contributed by atoms with Gasteiger partial charge in [-0.3, -0.25) is 4.79 Å². The summed E-state index contributed by atoms with van der Waals surface area (Å²) in [6, 6.07) is 25.5. The summed E-state index contributed by atoms with van der Waals surface area (Å²) < 4.78 is 5.58. The Morgan fingerprint density at radius 2 is 1.79 bits per heavy atom. The largest absolute Gasteiger partial charge is 0.376 e. The van der Waals surface area contributed by atoms with Crippen molar-refractivity contribution in [3.63, 3.8) is 0 Å². The first-order chi connectivity index (χ1) is 13.8. The van der Waals surface area contributed by atoms with Gasteiger partial charge in [-0.2, -0.15) is 0 Å². The number of benzene rings is 3. The van der Waals surface area contributed by atoms with Gasteiger partial charge in [0.1, 0.15) is 5.82 Å². The van der Waals surface area contributed by atoms with Crippen molar-refractivity contribution in [3.8, 4) is 11.4 Å². The highest BCUT2D eigenvalue weighted by Crippen LogP contribution is 2.23. The molecule has 4 rings (SSSR count). The lowest BCUT2D eigenvalue weighted by Crippen LogP contribution is -2.14. The Balaban J connectivity index is 1.33. The Morgan fingerprint density at radius 1 is 0.964 bits per heavy atom. The van der Waals surface area contributed by atoms with E-state index in [9.17, 15) is 4.79 Å². The van der Waals surface area contributed by atoms with E-state index in [-0.39, 0.29) is 5.91 Å². The van der Waals surface area contributed by atoms with Crippen molar-refractivity contribution in [2.75, 3.05) is 11.9 Å². The van der Waals surface area contributed by atoms with E-state index in [0.717, 1.165) is 33.7 Å². The normalized spacial score (nSPS) is 10.9. The van der Waals surface area contributed by atoms with Crippen molar-refractivity contribution < 1.29 is 9.53 Å². The van der Waals surface area contributed by atoms with E-state index in [4.69, 9.17) is 4.74 Å². The Labute approximate surface area is 163 Å². The van der Waals surface area contributed by atoms with Crippen LogP contribution in [0.4, 0.5) is 5.69 Å². The highest BCUT2D eigenvalue weighted by Gasteiger charge is 2.07. The molecule has 140 valence electrons. The topological polar surface area (TPSA) is 67.0 Å². The molecule has 0 bridgehead atoms. The third-order valence-corrected chi connectivity index (χ3v) is 4.39. The molecular weight excluding hydrogens is 350 g/mol. The Morgan fingerprint density at radius 3 is 2.64 bits per heavy atom. The molecule has 0 unspecified atom stereocenters. The van der Waals surface area contributed by atoms with Crippen molar-refractivity contribution >= 4 is 22.6 Å². The van der Waals surface area contributed by atoms with Crippen LogP contribution in [0, 0.1) is 0 Å². The molecule has 0 fully saturated rings. The van der Waals surface area contributed by atoms with Crippen LogP contribution in [0.15, 0.2) is 78.9 Å². The van der Waals surface area contributed by atoms with Crippen LogP contribution in [-0.2, 0) is 16.1 Å². The zero-order valence-electron chi connectivity index (χ0n) is 15.4. The van der Waals surface area contributed by atoms with Crippen molar-refractivity contribution in [3.05, 3.63) is 84.4 Å². The number of H-pyrrole nitrogens is 1. The molecule has 2 N–H and O–H groups in total. The second-order valence-electron chi connectivity index (χ2n) is 6.52. The number of imidazole rings is 1. The summed E-state index contributed by atoms with van der Waals surface area (Å²) in [5.41, 5.74) is 4.67. The number of anilines is 1. The van der Waals surface area contributed by atoms with Gasteiger partial charge in [-0.25, -0.2) is 4.98 Å². The van der Waals surface area contributed by atoms with Crippen LogP contribution in [0.25, 0.3) is 22.4 Å². The van der Waals surface area contributed by atoms with Gasteiger partial charge in [-0.05, 0) is 29.8 Å². The predicted molar refractivity (Wildman–Crippen MR) is 111 cm³/mol. The zero-order chi connectivity index (χ0) is 19.2. The molecule has 0 saturated carbocycles. The van der Waals surface area contributed by atoms with Crippen LogP contribution in [0.5, 0.6) is 0 Å². The molecule has 0 spiro atoms. The monoisotopic (exact) mass is 371 g/mol. The third kappa shape index (κ3) is 4.45. The van der Waals surface area contributed by atoms with Gasteiger partial charge < -0.3 is 15.0 Å². The van der Waals surface area contributed by atoms with Crippen LogP contribution in [0.1, 0.15) is 12.0 Å². The molecule has 5 heteroatoms. The first-order valence-corrected chi connectivity index (χ1v) is 9.25. The molecule has 3 aromatic carbocycles. The Bertz CT molecular complexity index is 1040. The average molecular weight is 371 g/mol. The zero-order valence-corrected chi connectivity index (χ0v) is 15.4. The SMILES string of the molecule is O=C(CCOCc1ccccc1)Nc1cccc(-c2nc3ccccc3[nH]2)c1. The molecule has 28 heavy (non-hydrogen) atoms. The molecule has 1 heterocycles. The van der Waals surface area contributed by atoms with Crippen LogP contribution in [0.3, 0.4) is 0 Å². The fourth-order valence-electron chi connectivity index (χ4n) is 2.99. The van der Waals surface area contributed by atoms with Crippen LogP contribution in [-0.4, -0.2) is 22.5 Å². The number of aromatic nitrogens is 2. The summed E-state index contributed by atoms with van der Waals surface area (Å²) in [7, 11) is 0. The van der Waals surface area contributed by atoms with Gasteiger partial charge in [-0.15, -0.1) is 0 Å². The first kappa shape index (κ1) is 17.9. The van der Waals surface area contributed by atoms with Gasteiger partial charge >= 0.3 is 0 Å². The minimum Gasteiger partial charge on any atom is -0.376 e. The maximum absolute atomic E-state index is 12.2. The lowest BCUT2D eigenvalue weighted by Gasteiger charge is -2.07. The molecule has 0 aliphatic rings. The second kappa shape index (κ2) is 8.50. The van der Waals surface area contributed by atoms with Crippen LogP contribution in [0.2, 0.25) is 0 Å². The van der Waals surface area contributed by atoms with Gasteiger partial charge in [0.25, 0.3) is 0 Å². The quantitative estimate of drug-likeness (QED) is 0.460. The summed E-state index contributed by atoms with van der Waals surface area (Å²) >= 11 is 0. The molecule has 0 radical (unpaired) electrons. The summed E-state index contributed by atoms with van der Waals surface area (Å²) in [6.07, 6.45) is 0.307. The number of rotatable bonds is 7. The van der Waals surface area contributed by atoms with E-state index in [2.05, 4.69) is 15.3 Å². The highest BCUT2D eigenvalue weighted by molar-refractivity contribution is 5.91. The number of hydrogen-bond acceptors (Lipinski definition) is 3. The summed E-state index contributed by atoms with van der Waals surface area (Å²) in [6.45, 7) is 0.889. The maximum atomic E-state index is 12.2. The fourth-order valence-corrected chi connectivity index (χ4v) is 2.99. The van der Waals surface area contributed by atoms with Gasteiger partial charge in [-0.1, -0.05) is 54.6 Å². The van der Waals surface area contributed by atoms with E-state index in [1.54, 1.807) is 0 Å². The third-order valence-electron chi connectivity index (χ3n) is 4.39. The molecular formula is C23H21N3O2. The molecule has 1 amide bonds. The minimum atomic E-state index is -0.0742. The number of hydrogen-bond donors (Lipinski definition) is 2. The summed E-state index contributed by atoms with van der Waals surface area (Å²) in [5.74, 6) is 0.707. The number of para-hydroxylation sites is 2. The van der Waals surface area contributed by atoms with E-state index in [1.165, 1.54) is 0 Å². The summed E-state index contributed by atoms with van der Waals surface area (Å²) in [5, 5.41) is 2.92. The minimum absolute atomic E-state index is 0.0742. The van der Waals surface area contributed by atoms with Crippen molar-refractivity contribution in [1.29, 1.82) is 0 Å². The number of carbonyl (C=O) groups excluding carboxylic acids is 1. The Kier molecular flexibility index (Phi) is 5.45. The van der Waals surface area contributed by atoms with E-state index >= 15 is 0 Å². The molecule has 0 aliphatic heterocycles.